The average molecular weight is 292 g/mol. The van der Waals surface area contributed by atoms with Crippen LogP contribution >= 0.6 is 27.5 Å². The molecule has 82 valence electrons. The molecule has 0 aliphatic rings. The highest BCUT2D eigenvalue weighted by Gasteiger charge is 1.98. The molecule has 0 aromatic heterocycles. The lowest BCUT2D eigenvalue weighted by atomic mass is 10.3. The molecular formula is C10H12BrClN2O. The van der Waals surface area contributed by atoms with Crippen LogP contribution in [-0.4, -0.2) is 19.0 Å². The SMILES string of the molecule is CC(=O)NCCNc1ccc(Br)c(Cl)c1. The summed E-state index contributed by atoms with van der Waals surface area (Å²) < 4.78 is 0.872. The molecule has 2 N–H and O–H groups in total. The van der Waals surface area contributed by atoms with Crippen LogP contribution < -0.4 is 10.6 Å². The summed E-state index contributed by atoms with van der Waals surface area (Å²) in [5.74, 6) is -0.0226. The second-order valence-electron chi connectivity index (χ2n) is 3.04. The van der Waals surface area contributed by atoms with Crippen molar-refractivity contribution in [2.24, 2.45) is 0 Å². The summed E-state index contributed by atoms with van der Waals surface area (Å²) in [6, 6.07) is 5.63. The van der Waals surface area contributed by atoms with Gasteiger partial charge in [0.15, 0.2) is 0 Å². The predicted molar refractivity (Wildman–Crippen MR) is 66.3 cm³/mol. The molecule has 1 aromatic carbocycles. The van der Waals surface area contributed by atoms with Crippen molar-refractivity contribution in [3.8, 4) is 0 Å². The molecule has 0 saturated carbocycles. The van der Waals surface area contributed by atoms with E-state index in [0.29, 0.717) is 18.1 Å². The Bertz CT molecular complexity index is 357. The van der Waals surface area contributed by atoms with Gasteiger partial charge in [-0.1, -0.05) is 11.6 Å². The Morgan fingerprint density at radius 1 is 1.47 bits per heavy atom. The molecule has 5 heteroatoms. The summed E-state index contributed by atoms with van der Waals surface area (Å²) in [6.45, 7) is 2.77. The zero-order valence-electron chi connectivity index (χ0n) is 8.31. The van der Waals surface area contributed by atoms with Crippen LogP contribution in [0.5, 0.6) is 0 Å². The Kier molecular flexibility index (Phi) is 4.91. The molecule has 0 unspecified atom stereocenters. The summed E-state index contributed by atoms with van der Waals surface area (Å²) in [7, 11) is 0. The van der Waals surface area contributed by atoms with Gasteiger partial charge in [-0.15, -0.1) is 0 Å². The van der Waals surface area contributed by atoms with Crippen LogP contribution in [-0.2, 0) is 4.79 Å². The zero-order chi connectivity index (χ0) is 11.3. The predicted octanol–water partition coefficient (Wildman–Crippen LogP) is 2.65. The fourth-order valence-electron chi connectivity index (χ4n) is 1.05. The Hall–Kier alpha value is -0.740. The lowest BCUT2D eigenvalue weighted by Crippen LogP contribution is -2.26. The second-order valence-corrected chi connectivity index (χ2v) is 4.30. The molecule has 0 radical (unpaired) electrons. The van der Waals surface area contributed by atoms with Gasteiger partial charge in [0.25, 0.3) is 0 Å². The minimum atomic E-state index is -0.0226. The zero-order valence-corrected chi connectivity index (χ0v) is 10.7. The van der Waals surface area contributed by atoms with Crippen molar-refractivity contribution < 1.29 is 4.79 Å². The third-order valence-corrected chi connectivity index (χ3v) is 2.98. The van der Waals surface area contributed by atoms with Crippen molar-refractivity contribution in [1.29, 1.82) is 0 Å². The van der Waals surface area contributed by atoms with Crippen molar-refractivity contribution in [2.45, 2.75) is 6.92 Å². The minimum absolute atomic E-state index is 0.0226. The molecule has 1 aromatic rings. The molecule has 0 saturated heterocycles. The van der Waals surface area contributed by atoms with Crippen molar-refractivity contribution in [2.75, 3.05) is 18.4 Å². The van der Waals surface area contributed by atoms with Gasteiger partial charge in [0.1, 0.15) is 0 Å². The van der Waals surface area contributed by atoms with Crippen LogP contribution in [0.3, 0.4) is 0 Å². The topological polar surface area (TPSA) is 41.1 Å². The van der Waals surface area contributed by atoms with Gasteiger partial charge in [-0.05, 0) is 34.1 Å². The Morgan fingerprint density at radius 3 is 2.80 bits per heavy atom. The second kappa shape index (κ2) is 5.98. The summed E-state index contributed by atoms with van der Waals surface area (Å²) in [6.07, 6.45) is 0. The maximum absolute atomic E-state index is 10.6. The van der Waals surface area contributed by atoms with Crippen molar-refractivity contribution in [1.82, 2.24) is 5.32 Å². The van der Waals surface area contributed by atoms with E-state index >= 15 is 0 Å². The number of carbonyl (C=O) groups excluding carboxylic acids is 1. The van der Waals surface area contributed by atoms with E-state index < -0.39 is 0 Å². The summed E-state index contributed by atoms with van der Waals surface area (Å²) >= 11 is 9.23. The van der Waals surface area contributed by atoms with Crippen molar-refractivity contribution in [3.63, 3.8) is 0 Å². The van der Waals surface area contributed by atoms with E-state index in [1.807, 2.05) is 18.2 Å². The van der Waals surface area contributed by atoms with Gasteiger partial charge in [0.05, 0.1) is 5.02 Å². The van der Waals surface area contributed by atoms with Gasteiger partial charge in [0, 0.05) is 30.2 Å². The molecule has 0 bridgehead atoms. The van der Waals surface area contributed by atoms with E-state index in [0.717, 1.165) is 10.2 Å². The molecule has 0 fully saturated rings. The van der Waals surface area contributed by atoms with Crippen LogP contribution in [0.15, 0.2) is 22.7 Å². The molecular weight excluding hydrogens is 279 g/mol. The smallest absolute Gasteiger partial charge is 0.216 e. The first-order chi connectivity index (χ1) is 7.09. The fourth-order valence-corrected chi connectivity index (χ4v) is 1.48. The maximum atomic E-state index is 10.6. The van der Waals surface area contributed by atoms with Crippen LogP contribution in [0.4, 0.5) is 5.69 Å². The number of amides is 1. The van der Waals surface area contributed by atoms with E-state index in [1.54, 1.807) is 0 Å². The average Bonchev–Trinajstić information content (AvgIpc) is 2.18. The molecule has 3 nitrogen and oxygen atoms in total. The monoisotopic (exact) mass is 290 g/mol. The van der Waals surface area contributed by atoms with Gasteiger partial charge in [-0.3, -0.25) is 4.79 Å². The normalized spacial score (nSPS) is 9.80. The largest absolute Gasteiger partial charge is 0.383 e. The lowest BCUT2D eigenvalue weighted by Gasteiger charge is -2.07. The van der Waals surface area contributed by atoms with E-state index in [2.05, 4.69) is 26.6 Å². The van der Waals surface area contributed by atoms with E-state index in [9.17, 15) is 4.79 Å². The summed E-state index contributed by atoms with van der Waals surface area (Å²) in [5.41, 5.74) is 0.938. The summed E-state index contributed by atoms with van der Waals surface area (Å²) in [5, 5.41) is 6.51. The highest BCUT2D eigenvalue weighted by Crippen LogP contribution is 2.25. The van der Waals surface area contributed by atoms with E-state index in [1.165, 1.54) is 6.92 Å². The molecule has 1 rings (SSSR count). The lowest BCUT2D eigenvalue weighted by molar-refractivity contribution is -0.118. The third-order valence-electron chi connectivity index (χ3n) is 1.75. The number of hydrogen-bond donors (Lipinski definition) is 2. The number of carbonyl (C=O) groups is 1. The van der Waals surface area contributed by atoms with Gasteiger partial charge in [0.2, 0.25) is 5.91 Å². The number of rotatable bonds is 4. The summed E-state index contributed by atoms with van der Waals surface area (Å²) in [4.78, 5) is 10.6. The quantitative estimate of drug-likeness (QED) is 0.837. The first-order valence-electron chi connectivity index (χ1n) is 4.53. The first kappa shape index (κ1) is 12.3. The molecule has 15 heavy (non-hydrogen) atoms. The molecule has 0 atom stereocenters. The Morgan fingerprint density at radius 2 is 2.20 bits per heavy atom. The Balaban J connectivity index is 2.38. The van der Waals surface area contributed by atoms with Crippen LogP contribution in [0.1, 0.15) is 6.92 Å². The fraction of sp³-hybridized carbons (Fsp3) is 0.300. The van der Waals surface area contributed by atoms with Crippen molar-refractivity contribution in [3.05, 3.63) is 27.7 Å². The van der Waals surface area contributed by atoms with Gasteiger partial charge >= 0.3 is 0 Å². The van der Waals surface area contributed by atoms with Crippen molar-refractivity contribution >= 4 is 39.1 Å². The van der Waals surface area contributed by atoms with Crippen LogP contribution in [0.2, 0.25) is 5.02 Å². The van der Waals surface area contributed by atoms with Gasteiger partial charge in [-0.25, -0.2) is 0 Å². The van der Waals surface area contributed by atoms with Crippen LogP contribution in [0, 0.1) is 0 Å². The maximum Gasteiger partial charge on any atom is 0.216 e. The van der Waals surface area contributed by atoms with E-state index in [-0.39, 0.29) is 5.91 Å². The van der Waals surface area contributed by atoms with Crippen LogP contribution in [0.25, 0.3) is 0 Å². The molecule has 1 amide bonds. The number of halogens is 2. The number of nitrogens with one attached hydrogen (secondary N) is 2. The molecule has 0 spiro atoms. The standard InChI is InChI=1S/C10H12BrClN2O/c1-7(15)13-4-5-14-8-2-3-9(11)10(12)6-8/h2-3,6,14H,4-5H2,1H3,(H,13,15). The third kappa shape index (κ3) is 4.53. The first-order valence-corrected chi connectivity index (χ1v) is 5.70. The van der Waals surface area contributed by atoms with Gasteiger partial charge < -0.3 is 10.6 Å². The highest BCUT2D eigenvalue weighted by molar-refractivity contribution is 9.10. The van der Waals surface area contributed by atoms with Gasteiger partial charge in [-0.2, -0.15) is 0 Å². The number of benzene rings is 1. The number of anilines is 1. The van der Waals surface area contributed by atoms with E-state index in [4.69, 9.17) is 11.6 Å². The molecule has 0 aliphatic carbocycles. The highest BCUT2D eigenvalue weighted by atomic mass is 79.9. The Labute approximate surface area is 102 Å². The minimum Gasteiger partial charge on any atom is -0.383 e. The number of hydrogen-bond acceptors (Lipinski definition) is 2. The molecule has 0 aliphatic heterocycles. The molecule has 0 heterocycles.